The molecular weight excluding hydrogens is 88.1 g/mol. The van der Waals surface area contributed by atoms with Crippen LogP contribution in [0.15, 0.2) is 6.17 Å². The van der Waals surface area contributed by atoms with Crippen LogP contribution in [-0.2, 0) is 0 Å². The molecule has 1 aromatic rings. The molecular formula is C5H8N2. The Morgan fingerprint density at radius 1 is 2.00 bits per heavy atom. The molecule has 0 saturated heterocycles. The zero-order valence-electron chi connectivity index (χ0n) is 6.39. The highest BCUT2D eigenvalue weighted by Gasteiger charge is 1.87. The minimum absolute atomic E-state index is 0.174. The monoisotopic (exact) mass is 98.1 g/mol. The number of rotatable bonds is 0. The zero-order valence-corrected chi connectivity index (χ0v) is 4.39. The van der Waals surface area contributed by atoms with Gasteiger partial charge in [0.1, 0.15) is 0 Å². The van der Waals surface area contributed by atoms with E-state index in [1.165, 1.54) is 0 Å². The molecule has 0 spiro atoms. The molecule has 0 amide bonds. The van der Waals surface area contributed by atoms with E-state index < -0.39 is 0 Å². The van der Waals surface area contributed by atoms with Crippen LogP contribution in [0.25, 0.3) is 0 Å². The second-order valence-corrected chi connectivity index (χ2v) is 1.52. The van der Waals surface area contributed by atoms with Crippen LogP contribution in [0.3, 0.4) is 0 Å². The van der Waals surface area contributed by atoms with Crippen LogP contribution >= 0.6 is 0 Å². The molecule has 0 aliphatic carbocycles. The van der Waals surface area contributed by atoms with Gasteiger partial charge in [-0.3, -0.25) is 5.09 Å². The summed E-state index contributed by atoms with van der Waals surface area (Å²) < 4.78 is 14.2. The molecule has 1 aromatic heterocycles. The topological polar surface area (TPSA) is 28.7 Å². The number of H-pyrrole nitrogens is 1. The molecule has 0 radical (unpaired) electrons. The van der Waals surface area contributed by atoms with Crippen LogP contribution in [-0.4, -0.2) is 10.2 Å². The minimum atomic E-state index is 0.174. The first kappa shape index (κ1) is 2.50. The standard InChI is InChI=1S/C5H8N2/c1-4-3-6-7-5(4)2/h3H,1-2H3,(H,6,7)/i3D/hD. The van der Waals surface area contributed by atoms with E-state index in [1.807, 2.05) is 0 Å². The third-order valence-electron chi connectivity index (χ3n) is 0.960. The molecule has 38 valence electrons. The van der Waals surface area contributed by atoms with Gasteiger partial charge in [0, 0.05) is 6.17 Å². The second-order valence-electron chi connectivity index (χ2n) is 1.52. The van der Waals surface area contributed by atoms with Crippen LogP contribution in [0.1, 0.15) is 12.6 Å². The Morgan fingerprint density at radius 2 is 2.71 bits per heavy atom. The molecule has 1 rings (SSSR count). The van der Waals surface area contributed by atoms with Gasteiger partial charge < -0.3 is 0 Å². The van der Waals surface area contributed by atoms with E-state index in [0.717, 1.165) is 16.3 Å². The van der Waals surface area contributed by atoms with Gasteiger partial charge in [0.05, 0.1) is 7.06 Å². The van der Waals surface area contributed by atoms with Gasteiger partial charge >= 0.3 is 0 Å². The van der Waals surface area contributed by atoms with Crippen molar-refractivity contribution in [3.63, 3.8) is 0 Å². The minimum Gasteiger partial charge on any atom is -0.285 e. The summed E-state index contributed by atoms with van der Waals surface area (Å²) in [5, 5.41) is 4.53. The highest BCUT2D eigenvalue weighted by molar-refractivity contribution is 5.10. The fourth-order valence-electron chi connectivity index (χ4n) is 0.331. The Bertz CT molecular complexity index is 207. The smallest absolute Gasteiger partial charge is 0.189 e. The molecule has 7 heavy (non-hydrogen) atoms. The molecule has 0 aromatic carbocycles. The van der Waals surface area contributed by atoms with E-state index >= 15 is 0 Å². The number of nitrogens with zero attached hydrogens (tertiary/aromatic N) is 1. The van der Waals surface area contributed by atoms with Crippen molar-refractivity contribution >= 4 is 0 Å². The van der Waals surface area contributed by atoms with Crippen LogP contribution < -0.4 is 0 Å². The molecule has 0 aliphatic heterocycles. The van der Waals surface area contributed by atoms with Crippen LogP contribution in [0.5, 0.6) is 0 Å². The van der Waals surface area contributed by atoms with Crippen LogP contribution in [0.4, 0.5) is 0 Å². The predicted octanol–water partition coefficient (Wildman–Crippen LogP) is 1.03. The van der Waals surface area contributed by atoms with E-state index in [4.69, 9.17) is 2.78 Å². The first-order chi connectivity index (χ1) is 4.13. The Morgan fingerprint density at radius 3 is 2.86 bits per heavy atom. The molecule has 0 aliphatic rings. The molecule has 0 unspecified atom stereocenters. The Kier molecular flexibility index (Phi) is 0.489. The van der Waals surface area contributed by atoms with E-state index in [9.17, 15) is 0 Å². The van der Waals surface area contributed by atoms with E-state index in [1.54, 1.807) is 13.8 Å². The maximum Gasteiger partial charge on any atom is 0.189 e. The molecule has 2 nitrogen and oxygen atoms in total. The average molecular weight is 98.1 g/mol. The predicted molar refractivity (Wildman–Crippen MR) is 28.1 cm³/mol. The van der Waals surface area contributed by atoms with Crippen molar-refractivity contribution in [2.24, 2.45) is 0 Å². The van der Waals surface area contributed by atoms with Crippen molar-refractivity contribution in [1.29, 1.82) is 0 Å². The van der Waals surface area contributed by atoms with Crippen LogP contribution in [0, 0.1) is 13.8 Å². The van der Waals surface area contributed by atoms with Crippen molar-refractivity contribution in [3.05, 3.63) is 17.4 Å². The SMILES string of the molecule is [2H]c1c(C)c(C)nn1[2H]. The summed E-state index contributed by atoms with van der Waals surface area (Å²) in [5.74, 6) is 0. The summed E-state index contributed by atoms with van der Waals surface area (Å²) in [6.45, 7) is 3.58. The van der Waals surface area contributed by atoms with Gasteiger partial charge in [-0.05, 0) is 19.4 Å². The maximum absolute atomic E-state index is 7.18. The molecule has 0 atom stereocenters. The average Bonchev–Trinajstić information content (AvgIpc) is 1.98. The highest BCUT2D eigenvalue weighted by Crippen LogP contribution is 1.96. The summed E-state index contributed by atoms with van der Waals surface area (Å²) in [5.41, 5.74) is 1.54. The van der Waals surface area contributed by atoms with E-state index in [2.05, 4.69) is 5.10 Å². The summed E-state index contributed by atoms with van der Waals surface area (Å²) in [6.07, 6.45) is 0.174. The van der Waals surface area contributed by atoms with Gasteiger partial charge in [-0.15, -0.1) is 0 Å². The molecule has 2 heteroatoms. The van der Waals surface area contributed by atoms with Gasteiger partial charge in [-0.1, -0.05) is 0 Å². The highest BCUT2D eigenvalue weighted by atomic mass is 15.1. The number of hydrogen-bond donors (Lipinski definition) is 1. The summed E-state index contributed by atoms with van der Waals surface area (Å²) >= 11 is 0. The lowest BCUT2D eigenvalue weighted by Crippen LogP contribution is -1.70. The van der Waals surface area contributed by atoms with Crippen molar-refractivity contribution in [2.45, 2.75) is 13.8 Å². The fraction of sp³-hybridized carbons (Fsp3) is 0.400. The van der Waals surface area contributed by atoms with Gasteiger partial charge in [0.25, 0.3) is 0 Å². The maximum atomic E-state index is 7.18. The normalized spacial score (nSPS) is 13.4. The molecule has 1 N–H and O–H groups in total. The first-order valence-electron chi connectivity index (χ1n) is 3.09. The largest absolute Gasteiger partial charge is 0.285 e. The summed E-state index contributed by atoms with van der Waals surface area (Å²) in [6, 6.07) is 0. The molecule has 0 bridgehead atoms. The van der Waals surface area contributed by atoms with Gasteiger partial charge in [0.2, 0.25) is 0 Å². The molecule has 0 saturated carbocycles. The number of nitrogens with one attached hydrogen (secondary N) is 1. The van der Waals surface area contributed by atoms with Crippen molar-refractivity contribution in [1.82, 2.24) is 10.2 Å². The van der Waals surface area contributed by atoms with Gasteiger partial charge in [-0.25, -0.2) is 0 Å². The van der Waals surface area contributed by atoms with Gasteiger partial charge in [-0.2, -0.15) is 5.10 Å². The Balaban J connectivity index is 3.29. The quantitative estimate of drug-likeness (QED) is 0.515. The molecule has 1 heterocycles. The second kappa shape index (κ2) is 1.37. The first-order valence-corrected chi connectivity index (χ1v) is 2.15. The Labute approximate surface area is 45.4 Å². The fourth-order valence-corrected chi connectivity index (χ4v) is 0.331. The lowest BCUT2D eigenvalue weighted by Gasteiger charge is -1.76. The van der Waals surface area contributed by atoms with Crippen molar-refractivity contribution in [2.75, 3.05) is 0 Å². The van der Waals surface area contributed by atoms with Crippen molar-refractivity contribution in [3.8, 4) is 0 Å². The van der Waals surface area contributed by atoms with E-state index in [0.29, 0.717) is 0 Å². The summed E-state index contributed by atoms with van der Waals surface area (Å²) in [7, 11) is 0. The number of hydrogen-bond acceptors (Lipinski definition) is 1. The Hall–Kier alpha value is -0.790. The third kappa shape index (κ3) is 0.633. The number of aryl methyl sites for hydroxylation is 1. The lowest BCUT2D eigenvalue weighted by atomic mass is 10.3. The third-order valence-corrected chi connectivity index (χ3v) is 0.960. The lowest BCUT2D eigenvalue weighted by molar-refractivity contribution is 1.04. The van der Waals surface area contributed by atoms with Gasteiger partial charge in [0.15, 0.2) is 1.41 Å². The summed E-state index contributed by atoms with van der Waals surface area (Å²) in [4.78, 5) is 0. The zero-order chi connectivity index (χ0) is 7.02. The van der Waals surface area contributed by atoms with Crippen LogP contribution in [0.2, 0.25) is 1.41 Å². The van der Waals surface area contributed by atoms with E-state index in [-0.39, 0.29) is 6.17 Å². The van der Waals surface area contributed by atoms with Crippen molar-refractivity contribution < 1.29 is 2.78 Å². The molecule has 0 fully saturated rings. The number of aromatic amines is 1. The number of aromatic nitrogens is 2.